The van der Waals surface area contributed by atoms with Crippen molar-refractivity contribution < 1.29 is 41.0 Å². The number of amides is 1. The fourth-order valence-electron chi connectivity index (χ4n) is 0.832. The van der Waals surface area contributed by atoms with Gasteiger partial charge in [0.1, 0.15) is 0 Å². The van der Waals surface area contributed by atoms with E-state index in [-0.39, 0.29) is 6.54 Å². The molecule has 1 heterocycles. The highest BCUT2D eigenvalue weighted by Gasteiger charge is 2.38. The van der Waals surface area contributed by atoms with Gasteiger partial charge in [0.05, 0.1) is 6.33 Å². The zero-order valence-corrected chi connectivity index (χ0v) is 10.0. The van der Waals surface area contributed by atoms with Crippen molar-refractivity contribution in [2.24, 2.45) is 0 Å². The molecule has 0 spiro atoms. The Morgan fingerprint density at radius 1 is 1.19 bits per heavy atom. The Balaban J connectivity index is 0.000000486. The number of nitrogens with zero attached hydrogens (tertiary/aromatic N) is 1. The van der Waals surface area contributed by atoms with Crippen LogP contribution in [0.15, 0.2) is 12.5 Å². The van der Waals surface area contributed by atoms with Gasteiger partial charge in [-0.3, -0.25) is 4.79 Å². The van der Waals surface area contributed by atoms with Gasteiger partial charge in [-0.25, -0.2) is 9.78 Å². The van der Waals surface area contributed by atoms with E-state index in [0.29, 0.717) is 12.1 Å². The van der Waals surface area contributed by atoms with Crippen molar-refractivity contribution in [2.45, 2.75) is 18.8 Å². The first-order valence-corrected chi connectivity index (χ1v) is 5.07. The number of H-pyrrole nitrogens is 1. The van der Waals surface area contributed by atoms with Gasteiger partial charge in [-0.1, -0.05) is 0 Å². The number of rotatable bonds is 3. The molecule has 0 atom stereocenters. The van der Waals surface area contributed by atoms with Crippen molar-refractivity contribution >= 4 is 11.9 Å². The molecule has 1 aromatic heterocycles. The number of aromatic nitrogens is 2. The van der Waals surface area contributed by atoms with Crippen LogP contribution >= 0.6 is 0 Å². The van der Waals surface area contributed by atoms with Crippen molar-refractivity contribution in [1.29, 1.82) is 0 Å². The van der Waals surface area contributed by atoms with Crippen LogP contribution in [0, 0.1) is 0 Å². The average Bonchev–Trinajstić information content (AvgIpc) is 2.80. The molecule has 120 valence electrons. The van der Waals surface area contributed by atoms with Gasteiger partial charge in [0.15, 0.2) is 0 Å². The SMILES string of the molecule is O=C(NCCc1cnc[nH]1)C(F)(F)F.O=C(O)C(F)(F)F. The van der Waals surface area contributed by atoms with E-state index in [2.05, 4.69) is 9.97 Å². The predicted molar refractivity (Wildman–Crippen MR) is 55.0 cm³/mol. The number of imidazole rings is 1. The van der Waals surface area contributed by atoms with Gasteiger partial charge < -0.3 is 15.4 Å². The van der Waals surface area contributed by atoms with Crippen molar-refractivity contribution in [1.82, 2.24) is 15.3 Å². The minimum absolute atomic E-state index is 0.0689. The van der Waals surface area contributed by atoms with Crippen LogP contribution in [0.4, 0.5) is 26.3 Å². The molecule has 3 N–H and O–H groups in total. The van der Waals surface area contributed by atoms with Crippen molar-refractivity contribution in [3.63, 3.8) is 0 Å². The molecule has 0 bridgehead atoms. The predicted octanol–water partition coefficient (Wildman–Crippen LogP) is 1.26. The maximum atomic E-state index is 11.7. The summed E-state index contributed by atoms with van der Waals surface area (Å²) >= 11 is 0. The van der Waals surface area contributed by atoms with E-state index < -0.39 is 24.2 Å². The van der Waals surface area contributed by atoms with Crippen LogP contribution in [0.1, 0.15) is 5.69 Å². The summed E-state index contributed by atoms with van der Waals surface area (Å²) in [6.45, 7) is -0.0689. The van der Waals surface area contributed by atoms with E-state index in [4.69, 9.17) is 9.90 Å². The highest BCUT2D eigenvalue weighted by Crippen LogP contribution is 2.14. The van der Waals surface area contributed by atoms with E-state index in [1.165, 1.54) is 12.5 Å². The zero-order chi connectivity index (χ0) is 16.7. The Hall–Kier alpha value is -2.27. The maximum Gasteiger partial charge on any atom is 0.490 e. The van der Waals surface area contributed by atoms with Gasteiger partial charge in [0.2, 0.25) is 0 Å². The number of alkyl halides is 6. The first-order chi connectivity index (χ1) is 9.44. The maximum absolute atomic E-state index is 11.7. The molecule has 0 aromatic carbocycles. The number of halogens is 6. The van der Waals surface area contributed by atoms with Crippen LogP contribution < -0.4 is 5.32 Å². The van der Waals surface area contributed by atoms with Gasteiger partial charge >= 0.3 is 24.2 Å². The van der Waals surface area contributed by atoms with Crippen LogP contribution in [-0.2, 0) is 16.0 Å². The molecule has 6 nitrogen and oxygen atoms in total. The Kier molecular flexibility index (Phi) is 6.69. The molecule has 21 heavy (non-hydrogen) atoms. The summed E-state index contributed by atoms with van der Waals surface area (Å²) in [6.07, 6.45) is -6.70. The first kappa shape index (κ1) is 18.7. The molecule has 12 heteroatoms. The van der Waals surface area contributed by atoms with Crippen molar-refractivity contribution in [2.75, 3.05) is 6.54 Å². The number of hydrogen-bond donors (Lipinski definition) is 3. The quantitative estimate of drug-likeness (QED) is 0.731. The summed E-state index contributed by atoms with van der Waals surface area (Å²) in [5, 5.41) is 8.87. The molecule has 0 radical (unpaired) electrons. The number of carboxylic acid groups (broad SMARTS) is 1. The number of aromatic amines is 1. The van der Waals surface area contributed by atoms with Gasteiger partial charge in [-0.05, 0) is 0 Å². The van der Waals surface area contributed by atoms with Crippen LogP contribution in [0.2, 0.25) is 0 Å². The fraction of sp³-hybridized carbons (Fsp3) is 0.444. The summed E-state index contributed by atoms with van der Waals surface area (Å²) in [7, 11) is 0. The smallest absolute Gasteiger partial charge is 0.475 e. The lowest BCUT2D eigenvalue weighted by atomic mass is 10.3. The normalized spacial score (nSPS) is 11.3. The molecule has 1 amide bonds. The topological polar surface area (TPSA) is 95.1 Å². The van der Waals surface area contributed by atoms with Crippen LogP contribution in [-0.4, -0.2) is 45.8 Å². The Morgan fingerprint density at radius 3 is 2.05 bits per heavy atom. The number of nitrogens with one attached hydrogen (secondary N) is 2. The lowest BCUT2D eigenvalue weighted by molar-refractivity contribution is -0.192. The third-order valence-electron chi connectivity index (χ3n) is 1.73. The van der Waals surface area contributed by atoms with E-state index in [0.717, 1.165) is 0 Å². The highest BCUT2D eigenvalue weighted by atomic mass is 19.4. The molecule has 0 aliphatic carbocycles. The lowest BCUT2D eigenvalue weighted by Crippen LogP contribution is -2.37. The van der Waals surface area contributed by atoms with Gasteiger partial charge in [0.25, 0.3) is 0 Å². The van der Waals surface area contributed by atoms with Crippen LogP contribution in [0.5, 0.6) is 0 Å². The molecule has 0 fully saturated rings. The summed E-state index contributed by atoms with van der Waals surface area (Å²) < 4.78 is 66.8. The minimum atomic E-state index is -5.08. The van der Waals surface area contributed by atoms with E-state index >= 15 is 0 Å². The van der Waals surface area contributed by atoms with Crippen molar-refractivity contribution in [3.05, 3.63) is 18.2 Å². The Labute approximate surface area is 113 Å². The third kappa shape index (κ3) is 8.49. The second kappa shape index (κ2) is 7.50. The number of carboxylic acids is 1. The molecule has 0 saturated heterocycles. The second-order valence-electron chi connectivity index (χ2n) is 3.38. The summed E-state index contributed by atoms with van der Waals surface area (Å²) in [6, 6.07) is 0. The number of aliphatic carboxylic acids is 1. The first-order valence-electron chi connectivity index (χ1n) is 5.07. The Bertz CT molecular complexity index is 454. The molecule has 0 aliphatic rings. The van der Waals surface area contributed by atoms with Gasteiger partial charge in [0, 0.05) is 24.9 Å². The standard InChI is InChI=1S/C7H8F3N3O.C2HF3O2/c8-7(9,10)6(14)12-2-1-5-3-11-4-13-5;3-2(4,5)1(6)7/h3-4H,1-2H2,(H,11,13)(H,12,14);(H,6,7). The average molecular weight is 321 g/mol. The largest absolute Gasteiger partial charge is 0.490 e. The Morgan fingerprint density at radius 2 is 1.71 bits per heavy atom. The van der Waals surface area contributed by atoms with E-state index in [9.17, 15) is 31.1 Å². The van der Waals surface area contributed by atoms with Crippen molar-refractivity contribution in [3.8, 4) is 0 Å². The third-order valence-corrected chi connectivity index (χ3v) is 1.73. The highest BCUT2D eigenvalue weighted by molar-refractivity contribution is 5.81. The fourth-order valence-corrected chi connectivity index (χ4v) is 0.832. The van der Waals surface area contributed by atoms with Gasteiger partial charge in [-0.2, -0.15) is 26.3 Å². The molecule has 1 rings (SSSR count). The summed E-state index contributed by atoms with van der Waals surface area (Å²) in [5.74, 6) is -4.68. The molecule has 0 aliphatic heterocycles. The zero-order valence-electron chi connectivity index (χ0n) is 10.0. The summed E-state index contributed by atoms with van der Waals surface area (Å²) in [4.78, 5) is 25.6. The molecule has 0 unspecified atom stereocenters. The lowest BCUT2D eigenvalue weighted by Gasteiger charge is -2.06. The van der Waals surface area contributed by atoms with E-state index in [1.54, 1.807) is 5.32 Å². The minimum Gasteiger partial charge on any atom is -0.475 e. The number of carbonyl (C=O) groups excluding carboxylic acids is 1. The van der Waals surface area contributed by atoms with Gasteiger partial charge in [-0.15, -0.1) is 0 Å². The molecule has 0 saturated carbocycles. The molecule has 1 aromatic rings. The second-order valence-corrected chi connectivity index (χ2v) is 3.38. The number of hydrogen-bond acceptors (Lipinski definition) is 3. The number of carbonyl (C=O) groups is 2. The molecular weight excluding hydrogens is 312 g/mol. The van der Waals surface area contributed by atoms with Crippen LogP contribution in [0.3, 0.4) is 0 Å². The molecular formula is C9H9F6N3O3. The van der Waals surface area contributed by atoms with E-state index in [1.807, 2.05) is 0 Å². The van der Waals surface area contributed by atoms with Crippen LogP contribution in [0.25, 0.3) is 0 Å². The summed E-state index contributed by atoms with van der Waals surface area (Å²) in [5.41, 5.74) is 0.674. The monoisotopic (exact) mass is 321 g/mol.